The number of aliphatic hydroxyl groups excluding tert-OH is 1. The fourth-order valence-corrected chi connectivity index (χ4v) is 3.00. The van der Waals surface area contributed by atoms with Crippen LogP contribution in [0, 0.1) is 0 Å². The first-order valence-electron chi connectivity index (χ1n) is 7.77. The van der Waals surface area contributed by atoms with Crippen LogP contribution in [0.4, 0.5) is 4.79 Å². The summed E-state index contributed by atoms with van der Waals surface area (Å²) in [5, 5.41) is 13.6. The number of carbonyl (C=O) groups is 1. The molecule has 0 aromatic heterocycles. The minimum atomic E-state index is -0.496. The van der Waals surface area contributed by atoms with Crippen molar-refractivity contribution in [2.24, 2.45) is 0 Å². The molecular formula is C15H28N2O3. The Bertz CT molecular complexity index is 335. The predicted molar refractivity (Wildman–Crippen MR) is 77.6 cm³/mol. The SMILES string of the molecule is CC(C)(C)OC(=O)N1CC(O)C(NC2CCCCC2)C1. The Morgan fingerprint density at radius 2 is 1.85 bits per heavy atom. The van der Waals surface area contributed by atoms with Crippen molar-refractivity contribution in [3.63, 3.8) is 0 Å². The first-order chi connectivity index (χ1) is 9.35. The summed E-state index contributed by atoms with van der Waals surface area (Å²) in [5.74, 6) is 0. The lowest BCUT2D eigenvalue weighted by Crippen LogP contribution is -2.46. The third-order valence-corrected chi connectivity index (χ3v) is 4.00. The van der Waals surface area contributed by atoms with Gasteiger partial charge >= 0.3 is 6.09 Å². The summed E-state index contributed by atoms with van der Waals surface area (Å²) in [5.41, 5.74) is -0.489. The van der Waals surface area contributed by atoms with E-state index in [-0.39, 0.29) is 12.1 Å². The number of carbonyl (C=O) groups excluding carboxylic acids is 1. The second-order valence-corrected chi connectivity index (χ2v) is 7.06. The number of hydrogen-bond acceptors (Lipinski definition) is 4. The van der Waals surface area contributed by atoms with Gasteiger partial charge in [0.1, 0.15) is 5.60 Å². The quantitative estimate of drug-likeness (QED) is 0.813. The lowest BCUT2D eigenvalue weighted by molar-refractivity contribution is 0.0270. The van der Waals surface area contributed by atoms with Crippen LogP contribution in [0.2, 0.25) is 0 Å². The lowest BCUT2D eigenvalue weighted by atomic mass is 9.94. The largest absolute Gasteiger partial charge is 0.444 e. The maximum absolute atomic E-state index is 12.0. The summed E-state index contributed by atoms with van der Waals surface area (Å²) < 4.78 is 5.36. The van der Waals surface area contributed by atoms with Crippen molar-refractivity contribution in [2.75, 3.05) is 13.1 Å². The Kier molecular flexibility index (Phi) is 4.91. The molecule has 1 heterocycles. The number of amides is 1. The number of aliphatic hydroxyl groups is 1. The highest BCUT2D eigenvalue weighted by molar-refractivity contribution is 5.68. The maximum atomic E-state index is 12.0. The predicted octanol–water partition coefficient (Wildman–Crippen LogP) is 1.89. The lowest BCUT2D eigenvalue weighted by Gasteiger charge is -2.27. The highest BCUT2D eigenvalue weighted by Crippen LogP contribution is 2.21. The zero-order valence-electron chi connectivity index (χ0n) is 12.9. The first-order valence-corrected chi connectivity index (χ1v) is 7.77. The molecule has 2 rings (SSSR count). The molecule has 5 nitrogen and oxygen atoms in total. The molecule has 0 radical (unpaired) electrons. The van der Waals surface area contributed by atoms with Crippen LogP contribution in [0.15, 0.2) is 0 Å². The molecule has 116 valence electrons. The average Bonchev–Trinajstić information content (AvgIpc) is 2.70. The Morgan fingerprint density at radius 3 is 2.45 bits per heavy atom. The van der Waals surface area contributed by atoms with Crippen LogP contribution in [-0.2, 0) is 4.74 Å². The summed E-state index contributed by atoms with van der Waals surface area (Å²) in [6, 6.07) is 0.465. The molecule has 2 atom stereocenters. The van der Waals surface area contributed by atoms with Crippen molar-refractivity contribution < 1.29 is 14.6 Å². The van der Waals surface area contributed by atoms with Crippen LogP contribution in [0.1, 0.15) is 52.9 Å². The van der Waals surface area contributed by atoms with Gasteiger partial charge in [0.05, 0.1) is 18.7 Å². The van der Waals surface area contributed by atoms with Crippen molar-refractivity contribution >= 4 is 6.09 Å². The van der Waals surface area contributed by atoms with Crippen molar-refractivity contribution in [1.29, 1.82) is 0 Å². The van der Waals surface area contributed by atoms with Crippen molar-refractivity contribution in [2.45, 2.75) is 76.7 Å². The van der Waals surface area contributed by atoms with Crippen LogP contribution < -0.4 is 5.32 Å². The van der Waals surface area contributed by atoms with Crippen LogP contribution in [0.25, 0.3) is 0 Å². The second kappa shape index (κ2) is 6.31. The number of β-amino-alcohol motifs (C(OH)–C–C–N with tert-alkyl or cyclic N) is 1. The minimum absolute atomic E-state index is 0.0226. The molecule has 2 N–H and O–H groups in total. The number of hydrogen-bond donors (Lipinski definition) is 2. The maximum Gasteiger partial charge on any atom is 0.410 e. The monoisotopic (exact) mass is 284 g/mol. The van der Waals surface area contributed by atoms with Crippen molar-refractivity contribution in [3.8, 4) is 0 Å². The highest BCUT2D eigenvalue weighted by atomic mass is 16.6. The third-order valence-electron chi connectivity index (χ3n) is 4.00. The molecule has 20 heavy (non-hydrogen) atoms. The van der Waals surface area contributed by atoms with E-state index in [2.05, 4.69) is 5.32 Å². The van der Waals surface area contributed by atoms with E-state index in [1.54, 1.807) is 4.90 Å². The molecule has 0 aromatic carbocycles. The number of nitrogens with one attached hydrogen (secondary N) is 1. The van der Waals surface area contributed by atoms with Gasteiger partial charge in [-0.2, -0.15) is 0 Å². The smallest absolute Gasteiger partial charge is 0.410 e. The van der Waals surface area contributed by atoms with Gasteiger partial charge in [-0.15, -0.1) is 0 Å². The van der Waals surface area contributed by atoms with Crippen LogP contribution >= 0.6 is 0 Å². The Morgan fingerprint density at radius 1 is 1.20 bits per heavy atom. The zero-order valence-corrected chi connectivity index (χ0v) is 12.9. The fourth-order valence-electron chi connectivity index (χ4n) is 3.00. The van der Waals surface area contributed by atoms with E-state index >= 15 is 0 Å². The zero-order chi connectivity index (χ0) is 14.8. The van der Waals surface area contributed by atoms with Gasteiger partial charge in [0.25, 0.3) is 0 Å². The van der Waals surface area contributed by atoms with E-state index in [4.69, 9.17) is 4.74 Å². The van der Waals surface area contributed by atoms with Crippen LogP contribution in [0.3, 0.4) is 0 Å². The van der Waals surface area contributed by atoms with Gasteiger partial charge in [0.15, 0.2) is 0 Å². The first kappa shape index (κ1) is 15.6. The number of rotatable bonds is 2. The molecule has 1 aliphatic carbocycles. The van der Waals surface area contributed by atoms with Crippen molar-refractivity contribution in [1.82, 2.24) is 10.2 Å². The Balaban J connectivity index is 1.83. The van der Waals surface area contributed by atoms with Crippen LogP contribution in [-0.4, -0.2) is 53.0 Å². The third kappa shape index (κ3) is 4.35. The van der Waals surface area contributed by atoms with E-state index in [1.807, 2.05) is 20.8 Å². The van der Waals surface area contributed by atoms with E-state index in [1.165, 1.54) is 32.1 Å². The summed E-state index contributed by atoms with van der Waals surface area (Å²) in [6.07, 6.45) is 5.36. The molecule has 2 unspecified atom stereocenters. The fraction of sp³-hybridized carbons (Fsp3) is 0.933. The molecular weight excluding hydrogens is 256 g/mol. The van der Waals surface area contributed by atoms with Gasteiger partial charge < -0.3 is 20.1 Å². The van der Waals surface area contributed by atoms with Gasteiger partial charge in [-0.3, -0.25) is 0 Å². The summed E-state index contributed by atoms with van der Waals surface area (Å²) in [7, 11) is 0. The van der Waals surface area contributed by atoms with Crippen LogP contribution in [0.5, 0.6) is 0 Å². The van der Waals surface area contributed by atoms with Gasteiger partial charge in [-0.25, -0.2) is 4.79 Å². The molecule has 1 saturated carbocycles. The van der Waals surface area contributed by atoms with E-state index in [0.717, 1.165) is 0 Å². The molecule has 1 aliphatic heterocycles. The van der Waals surface area contributed by atoms with Gasteiger partial charge in [0.2, 0.25) is 0 Å². The van der Waals surface area contributed by atoms with Gasteiger partial charge in [-0.1, -0.05) is 19.3 Å². The average molecular weight is 284 g/mol. The standard InChI is InChI=1S/C15H28N2O3/c1-15(2,3)20-14(19)17-9-12(13(18)10-17)16-11-7-5-4-6-8-11/h11-13,16,18H,4-10H2,1-3H3. The van der Waals surface area contributed by atoms with E-state index in [9.17, 15) is 9.90 Å². The van der Waals surface area contributed by atoms with E-state index < -0.39 is 11.7 Å². The highest BCUT2D eigenvalue weighted by Gasteiger charge is 2.37. The summed E-state index contributed by atoms with van der Waals surface area (Å²) in [4.78, 5) is 13.6. The topological polar surface area (TPSA) is 61.8 Å². The molecule has 1 amide bonds. The number of likely N-dealkylation sites (tertiary alicyclic amines) is 1. The summed E-state index contributed by atoms with van der Waals surface area (Å²) >= 11 is 0. The molecule has 0 spiro atoms. The second-order valence-electron chi connectivity index (χ2n) is 7.06. The number of ether oxygens (including phenoxy) is 1. The molecule has 0 aromatic rings. The molecule has 0 bridgehead atoms. The van der Waals surface area contributed by atoms with Gasteiger partial charge in [-0.05, 0) is 33.6 Å². The normalized spacial score (nSPS) is 28.7. The van der Waals surface area contributed by atoms with E-state index in [0.29, 0.717) is 19.1 Å². The molecule has 2 aliphatic rings. The summed E-state index contributed by atoms with van der Waals surface area (Å²) in [6.45, 7) is 6.46. The van der Waals surface area contributed by atoms with Gasteiger partial charge in [0, 0.05) is 12.6 Å². The molecule has 2 fully saturated rings. The van der Waals surface area contributed by atoms with Crippen molar-refractivity contribution in [3.05, 3.63) is 0 Å². The number of nitrogens with zero attached hydrogens (tertiary/aromatic N) is 1. The minimum Gasteiger partial charge on any atom is -0.444 e. The Hall–Kier alpha value is -0.810. The molecule has 1 saturated heterocycles. The Labute approximate surface area is 121 Å². The molecule has 5 heteroatoms.